The second-order valence-corrected chi connectivity index (χ2v) is 7.46. The van der Waals surface area contributed by atoms with Crippen molar-refractivity contribution in [1.29, 1.82) is 5.26 Å². The molecule has 0 saturated carbocycles. The van der Waals surface area contributed by atoms with Crippen molar-refractivity contribution >= 4 is 22.6 Å². The van der Waals surface area contributed by atoms with Crippen LogP contribution in [0.25, 0.3) is 22.2 Å². The predicted molar refractivity (Wildman–Crippen MR) is 111 cm³/mol. The number of aromatic nitrogens is 2. The standard InChI is InChI=1S/C23H19N5O/c1-2-15-11-18-19(13-26-22(18)25-12-15)16-5-3-6-20-17(16)8-10-28(20)23(29)21-7-4-9-27(21)14-24/h1,3,5-6,11-13,21H,4,7-10H2,(H,25,26)/t21-/m0/s1. The van der Waals surface area contributed by atoms with Crippen molar-refractivity contribution in [2.45, 2.75) is 25.3 Å². The minimum absolute atomic E-state index is 0.0233. The van der Waals surface area contributed by atoms with Gasteiger partial charge in [-0.05, 0) is 42.5 Å². The Kier molecular flexibility index (Phi) is 4.00. The molecule has 1 amide bonds. The molecule has 142 valence electrons. The summed E-state index contributed by atoms with van der Waals surface area (Å²) in [6.45, 7) is 1.30. The molecule has 1 saturated heterocycles. The fourth-order valence-electron chi connectivity index (χ4n) is 4.54. The number of anilines is 1. The lowest BCUT2D eigenvalue weighted by molar-refractivity contribution is -0.121. The lowest BCUT2D eigenvalue weighted by Gasteiger charge is -2.25. The fourth-order valence-corrected chi connectivity index (χ4v) is 4.54. The topological polar surface area (TPSA) is 76.0 Å². The van der Waals surface area contributed by atoms with Gasteiger partial charge in [-0.15, -0.1) is 6.42 Å². The Hall–Kier alpha value is -3.77. The molecule has 3 aromatic rings. The van der Waals surface area contributed by atoms with Gasteiger partial charge < -0.3 is 9.88 Å². The van der Waals surface area contributed by atoms with Gasteiger partial charge in [0, 0.05) is 47.7 Å². The van der Waals surface area contributed by atoms with Crippen molar-refractivity contribution in [2.24, 2.45) is 0 Å². The van der Waals surface area contributed by atoms with Gasteiger partial charge >= 0.3 is 0 Å². The SMILES string of the molecule is C#Cc1cnc2[nH]cc(-c3cccc4c3CCN4C(=O)[C@@H]3CCCN3C#N)c2c1. The molecule has 5 rings (SSSR count). The van der Waals surface area contributed by atoms with E-state index in [0.717, 1.165) is 58.2 Å². The molecule has 2 aliphatic rings. The van der Waals surface area contributed by atoms with E-state index in [2.05, 4.69) is 28.1 Å². The van der Waals surface area contributed by atoms with E-state index in [9.17, 15) is 10.1 Å². The molecular weight excluding hydrogens is 362 g/mol. The van der Waals surface area contributed by atoms with E-state index >= 15 is 0 Å². The monoisotopic (exact) mass is 381 g/mol. The summed E-state index contributed by atoms with van der Waals surface area (Å²) in [6.07, 6.45) is 13.7. The number of rotatable bonds is 2. The summed E-state index contributed by atoms with van der Waals surface area (Å²) in [5.41, 5.74) is 5.74. The highest BCUT2D eigenvalue weighted by Crippen LogP contribution is 2.39. The van der Waals surface area contributed by atoms with E-state index in [1.54, 1.807) is 11.1 Å². The van der Waals surface area contributed by atoms with Gasteiger partial charge in [-0.2, -0.15) is 5.26 Å². The number of nitriles is 1. The summed E-state index contributed by atoms with van der Waals surface area (Å²) < 4.78 is 0. The molecule has 0 aliphatic carbocycles. The van der Waals surface area contributed by atoms with Gasteiger partial charge in [0.15, 0.2) is 6.19 Å². The number of nitrogens with zero attached hydrogens (tertiary/aromatic N) is 4. The average Bonchev–Trinajstić information content (AvgIpc) is 3.49. The lowest BCUT2D eigenvalue weighted by Crippen LogP contribution is -2.43. The Morgan fingerprint density at radius 3 is 3.03 bits per heavy atom. The number of hydrogen-bond acceptors (Lipinski definition) is 4. The maximum atomic E-state index is 13.2. The number of H-pyrrole nitrogens is 1. The van der Waals surface area contributed by atoms with E-state index in [-0.39, 0.29) is 11.9 Å². The van der Waals surface area contributed by atoms with E-state index in [1.807, 2.05) is 29.3 Å². The van der Waals surface area contributed by atoms with Gasteiger partial charge in [-0.1, -0.05) is 18.1 Å². The maximum absolute atomic E-state index is 13.2. The first-order valence-electron chi connectivity index (χ1n) is 9.75. The largest absolute Gasteiger partial charge is 0.346 e. The Morgan fingerprint density at radius 2 is 2.21 bits per heavy atom. The number of pyridine rings is 1. The van der Waals surface area contributed by atoms with Crippen LogP contribution in [0.3, 0.4) is 0 Å². The van der Waals surface area contributed by atoms with Crippen LogP contribution >= 0.6 is 0 Å². The van der Waals surface area contributed by atoms with Crippen molar-refractivity contribution in [1.82, 2.24) is 14.9 Å². The van der Waals surface area contributed by atoms with Crippen LogP contribution in [0.5, 0.6) is 0 Å². The molecule has 2 aromatic heterocycles. The third kappa shape index (κ3) is 2.65. The number of benzene rings is 1. The Morgan fingerprint density at radius 1 is 1.31 bits per heavy atom. The molecule has 6 nitrogen and oxygen atoms in total. The number of carbonyl (C=O) groups is 1. The van der Waals surface area contributed by atoms with E-state index < -0.39 is 0 Å². The van der Waals surface area contributed by atoms with Crippen LogP contribution in [0.15, 0.2) is 36.7 Å². The Labute approximate surface area is 168 Å². The van der Waals surface area contributed by atoms with Crippen LogP contribution in [0, 0.1) is 23.8 Å². The minimum Gasteiger partial charge on any atom is -0.346 e. The fraction of sp³-hybridized carbons (Fsp3) is 0.261. The van der Waals surface area contributed by atoms with E-state index in [4.69, 9.17) is 6.42 Å². The number of hydrogen-bond donors (Lipinski definition) is 1. The Balaban J connectivity index is 1.56. The molecule has 0 spiro atoms. The maximum Gasteiger partial charge on any atom is 0.250 e. The third-order valence-electron chi connectivity index (χ3n) is 5.95. The number of likely N-dealkylation sites (tertiary alicyclic amines) is 1. The second kappa shape index (κ2) is 6.68. The molecular formula is C23H19N5O. The molecule has 1 atom stereocenters. The summed E-state index contributed by atoms with van der Waals surface area (Å²) >= 11 is 0. The number of fused-ring (bicyclic) bond motifs is 2. The highest BCUT2D eigenvalue weighted by atomic mass is 16.2. The summed E-state index contributed by atoms with van der Waals surface area (Å²) in [6, 6.07) is 7.68. The second-order valence-electron chi connectivity index (χ2n) is 7.46. The number of terminal acetylenes is 1. The molecule has 6 heteroatoms. The van der Waals surface area contributed by atoms with Gasteiger partial charge in [0.2, 0.25) is 5.91 Å². The predicted octanol–water partition coefficient (Wildman–Crippen LogP) is 3.05. The van der Waals surface area contributed by atoms with Gasteiger partial charge in [0.05, 0.1) is 0 Å². The third-order valence-corrected chi connectivity index (χ3v) is 5.95. The summed E-state index contributed by atoms with van der Waals surface area (Å²) in [5.74, 6) is 2.67. The first kappa shape index (κ1) is 17.3. The molecule has 1 N–H and O–H groups in total. The van der Waals surface area contributed by atoms with Crippen LogP contribution in [0.1, 0.15) is 24.0 Å². The minimum atomic E-state index is -0.343. The first-order valence-corrected chi connectivity index (χ1v) is 9.75. The molecule has 1 aromatic carbocycles. The normalized spacial score (nSPS) is 17.9. The van der Waals surface area contributed by atoms with Gasteiger partial charge in [-0.3, -0.25) is 9.69 Å². The molecule has 0 unspecified atom stereocenters. The quantitative estimate of drug-likeness (QED) is 0.547. The highest BCUT2D eigenvalue weighted by Gasteiger charge is 2.36. The molecule has 0 bridgehead atoms. The smallest absolute Gasteiger partial charge is 0.250 e. The van der Waals surface area contributed by atoms with Gasteiger partial charge in [0.1, 0.15) is 11.7 Å². The first-order chi connectivity index (χ1) is 14.2. The zero-order chi connectivity index (χ0) is 20.0. The van der Waals surface area contributed by atoms with Crippen LogP contribution in [-0.4, -0.2) is 39.9 Å². The van der Waals surface area contributed by atoms with Crippen LogP contribution in [-0.2, 0) is 11.2 Å². The molecule has 0 radical (unpaired) electrons. The highest BCUT2D eigenvalue weighted by molar-refractivity contribution is 6.02. The van der Waals surface area contributed by atoms with Crippen LogP contribution in [0.4, 0.5) is 5.69 Å². The molecule has 29 heavy (non-hydrogen) atoms. The zero-order valence-corrected chi connectivity index (χ0v) is 15.9. The molecule has 2 aliphatic heterocycles. The van der Waals surface area contributed by atoms with E-state index in [0.29, 0.717) is 13.1 Å². The summed E-state index contributed by atoms with van der Waals surface area (Å²) in [7, 11) is 0. The number of amides is 1. The van der Waals surface area contributed by atoms with Crippen molar-refractivity contribution in [3.63, 3.8) is 0 Å². The van der Waals surface area contributed by atoms with Crippen LogP contribution in [0.2, 0.25) is 0 Å². The summed E-state index contributed by atoms with van der Waals surface area (Å²) in [4.78, 5) is 24.2. The van der Waals surface area contributed by atoms with Crippen molar-refractivity contribution in [2.75, 3.05) is 18.0 Å². The van der Waals surface area contributed by atoms with Crippen LogP contribution < -0.4 is 4.90 Å². The van der Waals surface area contributed by atoms with E-state index in [1.165, 1.54) is 0 Å². The average molecular weight is 381 g/mol. The van der Waals surface area contributed by atoms with Crippen molar-refractivity contribution in [3.8, 4) is 29.7 Å². The Bertz CT molecular complexity index is 1210. The zero-order valence-electron chi connectivity index (χ0n) is 15.9. The van der Waals surface area contributed by atoms with Gasteiger partial charge in [-0.25, -0.2) is 4.98 Å². The van der Waals surface area contributed by atoms with Crippen molar-refractivity contribution in [3.05, 3.63) is 47.8 Å². The number of aromatic amines is 1. The lowest BCUT2D eigenvalue weighted by atomic mass is 9.97. The van der Waals surface area contributed by atoms with Crippen molar-refractivity contribution < 1.29 is 4.79 Å². The van der Waals surface area contributed by atoms with Gasteiger partial charge in [0.25, 0.3) is 0 Å². The molecule has 1 fully saturated rings. The molecule has 4 heterocycles. The number of nitrogens with one attached hydrogen (secondary N) is 1. The number of carbonyl (C=O) groups excluding carboxylic acids is 1. The summed E-state index contributed by atoms with van der Waals surface area (Å²) in [5, 5.41) is 10.3.